The van der Waals surface area contributed by atoms with Crippen molar-refractivity contribution < 1.29 is 14.3 Å². The molecule has 1 aliphatic heterocycles. The van der Waals surface area contributed by atoms with Crippen molar-refractivity contribution in [2.24, 2.45) is 5.73 Å². The summed E-state index contributed by atoms with van der Waals surface area (Å²) in [6.45, 7) is 3.41. The molecule has 1 atom stereocenters. The first kappa shape index (κ1) is 19.3. The smallest absolute Gasteiger partial charge is 0.414 e. The second-order valence-electron chi connectivity index (χ2n) is 7.39. The molecule has 154 valence electrons. The van der Waals surface area contributed by atoms with E-state index >= 15 is 0 Å². The fourth-order valence-electron chi connectivity index (χ4n) is 3.92. The van der Waals surface area contributed by atoms with E-state index in [9.17, 15) is 9.59 Å². The molecule has 9 nitrogen and oxygen atoms in total. The maximum absolute atomic E-state index is 12.3. The van der Waals surface area contributed by atoms with Gasteiger partial charge in [-0.25, -0.2) is 4.79 Å². The highest BCUT2D eigenvalue weighted by Crippen LogP contribution is 2.36. The van der Waals surface area contributed by atoms with Crippen LogP contribution in [0.15, 0.2) is 18.2 Å². The van der Waals surface area contributed by atoms with Crippen LogP contribution >= 0.6 is 0 Å². The van der Waals surface area contributed by atoms with E-state index in [4.69, 9.17) is 10.5 Å². The number of nitrogens with zero attached hydrogens (tertiary/aromatic N) is 2. The average Bonchev–Trinajstić information content (AvgIpc) is 3.22. The van der Waals surface area contributed by atoms with E-state index in [-0.39, 0.29) is 18.1 Å². The van der Waals surface area contributed by atoms with Gasteiger partial charge in [0.1, 0.15) is 6.10 Å². The van der Waals surface area contributed by atoms with Crippen molar-refractivity contribution in [2.75, 3.05) is 36.4 Å². The molecule has 1 aliphatic carbocycles. The number of carbonyl (C=O) groups excluding carboxylic acids is 2. The molecule has 1 aromatic heterocycles. The first-order chi connectivity index (χ1) is 14.1. The Morgan fingerprint density at radius 1 is 1.41 bits per heavy atom. The predicted octanol–water partition coefficient (Wildman–Crippen LogP) is 1.40. The first-order valence-electron chi connectivity index (χ1n) is 9.94. The Morgan fingerprint density at radius 3 is 3.07 bits per heavy atom. The summed E-state index contributed by atoms with van der Waals surface area (Å²) in [5.41, 5.74) is 10.9. The molecule has 0 radical (unpaired) electrons. The summed E-state index contributed by atoms with van der Waals surface area (Å²) in [5.74, 6) is 0.728. The molecule has 0 saturated carbocycles. The van der Waals surface area contributed by atoms with Crippen LogP contribution in [0, 0.1) is 0 Å². The van der Waals surface area contributed by atoms with E-state index < -0.39 is 0 Å². The average molecular weight is 398 g/mol. The Hall–Kier alpha value is -3.07. The van der Waals surface area contributed by atoms with Gasteiger partial charge in [0.15, 0.2) is 5.82 Å². The van der Waals surface area contributed by atoms with E-state index in [0.29, 0.717) is 26.2 Å². The van der Waals surface area contributed by atoms with Gasteiger partial charge >= 0.3 is 6.09 Å². The van der Waals surface area contributed by atoms with Gasteiger partial charge in [-0.1, -0.05) is 6.07 Å². The molecule has 29 heavy (non-hydrogen) atoms. The number of benzene rings is 1. The molecule has 0 spiro atoms. The third-order valence-corrected chi connectivity index (χ3v) is 5.30. The van der Waals surface area contributed by atoms with Crippen molar-refractivity contribution in [1.29, 1.82) is 0 Å². The predicted molar refractivity (Wildman–Crippen MR) is 110 cm³/mol. The minimum atomic E-state index is -0.385. The number of fused-ring (bicyclic) bond motifs is 3. The van der Waals surface area contributed by atoms with Gasteiger partial charge in [-0.3, -0.25) is 14.8 Å². The number of rotatable bonds is 6. The van der Waals surface area contributed by atoms with Crippen LogP contribution in [-0.4, -0.2) is 54.5 Å². The standard InChI is InChI=1S/C20H26N6O3/c1-12(27)23-10-15-11-26(20(28)29-15)14-5-6-16-13(9-14)3-2-4-17-18(16)24-25-19(17)22-8-7-21/h5-6,9,15H,2-4,7-8,10-11,21H2,1H3,(H,23,27)(H2,22,24,25)/t15-/m0/s1. The molecule has 1 fully saturated rings. The summed E-state index contributed by atoms with van der Waals surface area (Å²) < 4.78 is 5.38. The first-order valence-corrected chi connectivity index (χ1v) is 9.94. The molecule has 2 aliphatic rings. The van der Waals surface area contributed by atoms with Crippen molar-refractivity contribution in [3.8, 4) is 11.3 Å². The van der Waals surface area contributed by atoms with E-state index in [2.05, 4.69) is 26.9 Å². The number of anilines is 2. The van der Waals surface area contributed by atoms with Gasteiger partial charge in [-0.05, 0) is 37.0 Å². The van der Waals surface area contributed by atoms with Gasteiger partial charge in [0.25, 0.3) is 0 Å². The maximum Gasteiger partial charge on any atom is 0.414 e. The number of cyclic esters (lactones) is 1. The lowest BCUT2D eigenvalue weighted by atomic mass is 10.0. The number of ether oxygens (including phenoxy) is 1. The van der Waals surface area contributed by atoms with Crippen LogP contribution in [0.4, 0.5) is 16.3 Å². The number of hydrogen-bond acceptors (Lipinski definition) is 6. The Labute approximate surface area is 169 Å². The van der Waals surface area contributed by atoms with E-state index in [1.54, 1.807) is 4.90 Å². The number of amides is 2. The normalized spacial score (nSPS) is 17.9. The zero-order valence-electron chi connectivity index (χ0n) is 16.5. The van der Waals surface area contributed by atoms with E-state index in [1.807, 2.05) is 12.1 Å². The van der Waals surface area contributed by atoms with Crippen LogP contribution < -0.4 is 21.3 Å². The Kier molecular flexibility index (Phi) is 5.39. The summed E-state index contributed by atoms with van der Waals surface area (Å²) in [6, 6.07) is 6.03. The molecule has 2 amide bonds. The summed E-state index contributed by atoms with van der Waals surface area (Å²) in [4.78, 5) is 25.1. The molecule has 1 saturated heterocycles. The number of H-pyrrole nitrogens is 1. The summed E-state index contributed by atoms with van der Waals surface area (Å²) >= 11 is 0. The van der Waals surface area contributed by atoms with Crippen molar-refractivity contribution in [3.63, 3.8) is 0 Å². The van der Waals surface area contributed by atoms with Crippen LogP contribution in [0.5, 0.6) is 0 Å². The molecule has 0 unspecified atom stereocenters. The third kappa shape index (κ3) is 3.91. The summed E-state index contributed by atoms with van der Waals surface area (Å²) in [5, 5.41) is 13.6. The summed E-state index contributed by atoms with van der Waals surface area (Å²) in [6.07, 6.45) is 2.11. The molecular weight excluding hydrogens is 372 g/mol. The van der Waals surface area contributed by atoms with Crippen molar-refractivity contribution >= 4 is 23.5 Å². The van der Waals surface area contributed by atoms with Crippen molar-refractivity contribution in [3.05, 3.63) is 29.3 Å². The number of hydrogen-bond donors (Lipinski definition) is 4. The highest BCUT2D eigenvalue weighted by molar-refractivity contribution is 5.90. The third-order valence-electron chi connectivity index (χ3n) is 5.30. The number of carbonyl (C=O) groups is 2. The molecule has 4 rings (SSSR count). The zero-order valence-corrected chi connectivity index (χ0v) is 16.5. The van der Waals surface area contributed by atoms with Gasteiger partial charge in [0.2, 0.25) is 5.91 Å². The maximum atomic E-state index is 12.3. The van der Waals surface area contributed by atoms with Crippen LogP contribution in [0.2, 0.25) is 0 Å². The second kappa shape index (κ2) is 8.12. The lowest BCUT2D eigenvalue weighted by molar-refractivity contribution is -0.119. The SMILES string of the molecule is CC(=O)NC[C@H]1CN(c2ccc3c(c2)CCCc2c(NCCN)n[nH]c2-3)C(=O)O1. The fourth-order valence-corrected chi connectivity index (χ4v) is 3.92. The lowest BCUT2D eigenvalue weighted by Crippen LogP contribution is -2.33. The Morgan fingerprint density at radius 2 is 2.28 bits per heavy atom. The van der Waals surface area contributed by atoms with E-state index in [0.717, 1.165) is 42.0 Å². The minimum absolute atomic E-state index is 0.139. The van der Waals surface area contributed by atoms with E-state index in [1.165, 1.54) is 18.1 Å². The fraction of sp³-hybridized carbons (Fsp3) is 0.450. The monoisotopic (exact) mass is 398 g/mol. The van der Waals surface area contributed by atoms with Crippen molar-refractivity contribution in [1.82, 2.24) is 15.5 Å². The molecule has 5 N–H and O–H groups in total. The highest BCUT2D eigenvalue weighted by Gasteiger charge is 2.33. The van der Waals surface area contributed by atoms with Gasteiger partial charge in [-0.2, -0.15) is 5.10 Å². The second-order valence-corrected chi connectivity index (χ2v) is 7.39. The number of aromatic nitrogens is 2. The topological polar surface area (TPSA) is 125 Å². The van der Waals surface area contributed by atoms with Crippen molar-refractivity contribution in [2.45, 2.75) is 32.3 Å². The largest absolute Gasteiger partial charge is 0.442 e. The number of nitrogens with one attached hydrogen (secondary N) is 3. The number of aryl methyl sites for hydroxylation is 1. The van der Waals surface area contributed by atoms with Crippen LogP contribution in [0.25, 0.3) is 11.3 Å². The molecular formula is C20H26N6O3. The molecule has 1 aromatic carbocycles. The van der Waals surface area contributed by atoms with Crippen LogP contribution in [0.1, 0.15) is 24.5 Å². The van der Waals surface area contributed by atoms with Crippen LogP contribution in [0.3, 0.4) is 0 Å². The van der Waals surface area contributed by atoms with Crippen LogP contribution in [-0.2, 0) is 22.4 Å². The molecule has 2 heterocycles. The Balaban J connectivity index is 1.56. The molecule has 0 bridgehead atoms. The highest BCUT2D eigenvalue weighted by atomic mass is 16.6. The minimum Gasteiger partial charge on any atom is -0.442 e. The van der Waals surface area contributed by atoms with Gasteiger partial charge < -0.3 is 21.1 Å². The van der Waals surface area contributed by atoms with Gasteiger partial charge in [0.05, 0.1) is 18.8 Å². The summed E-state index contributed by atoms with van der Waals surface area (Å²) in [7, 11) is 0. The van der Waals surface area contributed by atoms with Gasteiger partial charge in [0, 0.05) is 36.8 Å². The Bertz CT molecular complexity index is 925. The quantitative estimate of drug-likeness (QED) is 0.583. The zero-order chi connectivity index (χ0) is 20.4. The lowest BCUT2D eigenvalue weighted by Gasteiger charge is -2.16. The molecule has 2 aromatic rings. The van der Waals surface area contributed by atoms with Gasteiger partial charge in [-0.15, -0.1) is 0 Å². The molecule has 9 heteroatoms. The number of aromatic amines is 1. The number of nitrogens with two attached hydrogens (primary N) is 1.